The fourth-order valence-electron chi connectivity index (χ4n) is 1.98. The summed E-state index contributed by atoms with van der Waals surface area (Å²) in [4.78, 5) is 6.45. The first-order chi connectivity index (χ1) is 10.6. The highest BCUT2D eigenvalue weighted by Gasteiger charge is 2.05. The molecule has 0 heterocycles. The maximum atomic E-state index is 13.3. The molecule has 1 rings (SSSR count). The Morgan fingerprint density at radius 2 is 2.04 bits per heavy atom. The van der Waals surface area contributed by atoms with E-state index >= 15 is 0 Å². The molecule has 1 aromatic rings. The van der Waals surface area contributed by atoms with Gasteiger partial charge in [0.15, 0.2) is 5.96 Å². The first-order valence-corrected chi connectivity index (χ1v) is 8.89. The Kier molecular flexibility index (Phi) is 12.5. The minimum atomic E-state index is -0.182. The van der Waals surface area contributed by atoms with Crippen molar-refractivity contribution >= 4 is 41.7 Å². The van der Waals surface area contributed by atoms with Crippen LogP contribution in [0.25, 0.3) is 0 Å². The lowest BCUT2D eigenvalue weighted by Crippen LogP contribution is -2.40. The molecule has 1 aromatic carbocycles. The minimum absolute atomic E-state index is 0. The second kappa shape index (κ2) is 12.8. The summed E-state index contributed by atoms with van der Waals surface area (Å²) in [6, 6.07) is 4.96. The minimum Gasteiger partial charge on any atom is -0.355 e. The van der Waals surface area contributed by atoms with Crippen molar-refractivity contribution in [2.45, 2.75) is 19.2 Å². The van der Waals surface area contributed by atoms with Crippen molar-refractivity contribution in [2.24, 2.45) is 4.99 Å². The van der Waals surface area contributed by atoms with Crippen LogP contribution in [-0.2, 0) is 12.3 Å². The van der Waals surface area contributed by atoms with E-state index in [1.54, 1.807) is 24.9 Å². The fraction of sp³-hybridized carbons (Fsp3) is 0.562. The van der Waals surface area contributed by atoms with Gasteiger partial charge < -0.3 is 15.5 Å². The summed E-state index contributed by atoms with van der Waals surface area (Å²) < 4.78 is 13.3. The molecule has 0 unspecified atom stereocenters. The van der Waals surface area contributed by atoms with Crippen molar-refractivity contribution in [3.8, 4) is 0 Å². The van der Waals surface area contributed by atoms with Gasteiger partial charge in [-0.3, -0.25) is 4.99 Å². The van der Waals surface area contributed by atoms with Gasteiger partial charge in [-0.2, -0.15) is 11.8 Å². The molecular weight excluding hydrogens is 426 g/mol. The van der Waals surface area contributed by atoms with E-state index in [1.807, 2.05) is 12.3 Å². The van der Waals surface area contributed by atoms with Gasteiger partial charge in [-0.05, 0) is 43.1 Å². The van der Waals surface area contributed by atoms with E-state index in [0.717, 1.165) is 42.5 Å². The molecule has 7 heteroatoms. The van der Waals surface area contributed by atoms with Gasteiger partial charge in [-0.1, -0.05) is 13.0 Å². The predicted octanol–water partition coefficient (Wildman–Crippen LogP) is 2.92. The van der Waals surface area contributed by atoms with Crippen molar-refractivity contribution < 1.29 is 4.39 Å². The average Bonchev–Trinajstić information content (AvgIpc) is 2.52. The molecule has 0 aliphatic heterocycles. The number of benzene rings is 1. The molecular formula is C16H28FIN4S. The molecule has 0 radical (unpaired) electrons. The molecule has 0 spiro atoms. The van der Waals surface area contributed by atoms with Crippen LogP contribution in [0.3, 0.4) is 0 Å². The first-order valence-electron chi connectivity index (χ1n) is 7.50. The van der Waals surface area contributed by atoms with Gasteiger partial charge in [-0.15, -0.1) is 24.0 Å². The zero-order valence-corrected chi connectivity index (χ0v) is 17.5. The van der Waals surface area contributed by atoms with Crippen LogP contribution >= 0.6 is 35.7 Å². The van der Waals surface area contributed by atoms with E-state index in [1.165, 1.54) is 6.07 Å². The average molecular weight is 454 g/mol. The predicted molar refractivity (Wildman–Crippen MR) is 110 cm³/mol. The summed E-state index contributed by atoms with van der Waals surface area (Å²) in [6.07, 6.45) is 2.02. The molecule has 23 heavy (non-hydrogen) atoms. The summed E-state index contributed by atoms with van der Waals surface area (Å²) in [6.45, 7) is 5.60. The molecule has 2 N–H and O–H groups in total. The third-order valence-corrected chi connectivity index (χ3v) is 4.06. The maximum absolute atomic E-state index is 13.3. The molecule has 4 nitrogen and oxygen atoms in total. The Bertz CT molecular complexity index is 485. The third-order valence-electron chi connectivity index (χ3n) is 3.46. The molecule has 0 fully saturated rings. The zero-order valence-electron chi connectivity index (χ0n) is 14.4. The Hall–Kier alpha value is -0.540. The lowest BCUT2D eigenvalue weighted by Gasteiger charge is -2.17. The number of nitrogens with one attached hydrogen (secondary N) is 2. The topological polar surface area (TPSA) is 39.7 Å². The van der Waals surface area contributed by atoms with Crippen LogP contribution in [0.4, 0.5) is 4.39 Å². The SMILES string of the molecule is CCN(C)CCNC(=NC)NCc1ccc(F)cc1CSC.I. The van der Waals surface area contributed by atoms with Gasteiger partial charge in [0.1, 0.15) is 5.82 Å². The molecule has 132 valence electrons. The highest BCUT2D eigenvalue weighted by atomic mass is 127. The summed E-state index contributed by atoms with van der Waals surface area (Å²) in [5.74, 6) is 1.39. The van der Waals surface area contributed by atoms with Crippen LogP contribution in [0.5, 0.6) is 0 Å². The molecule has 0 aliphatic rings. The number of hydrogen-bond donors (Lipinski definition) is 2. The van der Waals surface area contributed by atoms with Crippen LogP contribution < -0.4 is 10.6 Å². The van der Waals surface area contributed by atoms with E-state index in [9.17, 15) is 4.39 Å². The van der Waals surface area contributed by atoms with Gasteiger partial charge in [0.25, 0.3) is 0 Å². The van der Waals surface area contributed by atoms with Crippen LogP contribution in [0.1, 0.15) is 18.1 Å². The van der Waals surface area contributed by atoms with Crippen LogP contribution in [-0.4, -0.2) is 50.8 Å². The fourth-order valence-corrected chi connectivity index (χ4v) is 2.56. The Labute approximate surface area is 160 Å². The Balaban J connectivity index is 0.00000484. The highest BCUT2D eigenvalue weighted by Crippen LogP contribution is 2.16. The third kappa shape index (κ3) is 8.76. The lowest BCUT2D eigenvalue weighted by atomic mass is 10.1. The number of rotatable bonds is 8. The van der Waals surface area contributed by atoms with E-state index < -0.39 is 0 Å². The van der Waals surface area contributed by atoms with Crippen LogP contribution in [0.15, 0.2) is 23.2 Å². The Morgan fingerprint density at radius 1 is 1.30 bits per heavy atom. The molecule has 0 bridgehead atoms. The quantitative estimate of drug-likeness (QED) is 0.360. The van der Waals surface area contributed by atoms with E-state index in [4.69, 9.17) is 0 Å². The summed E-state index contributed by atoms with van der Waals surface area (Å²) in [7, 11) is 3.84. The van der Waals surface area contributed by atoms with Gasteiger partial charge in [-0.25, -0.2) is 4.39 Å². The van der Waals surface area contributed by atoms with Crippen LogP contribution in [0.2, 0.25) is 0 Å². The second-order valence-corrected chi connectivity index (χ2v) is 5.96. The molecule has 0 aromatic heterocycles. The first kappa shape index (κ1) is 22.5. The van der Waals surface area contributed by atoms with Crippen LogP contribution in [0, 0.1) is 5.82 Å². The van der Waals surface area contributed by atoms with Crippen molar-refractivity contribution in [3.05, 3.63) is 35.1 Å². The smallest absolute Gasteiger partial charge is 0.191 e. The van der Waals surface area contributed by atoms with E-state index in [-0.39, 0.29) is 29.8 Å². The van der Waals surface area contributed by atoms with E-state index in [2.05, 4.69) is 34.5 Å². The number of guanidine groups is 1. The Morgan fingerprint density at radius 3 is 2.65 bits per heavy atom. The van der Waals surface area contributed by atoms with Gasteiger partial charge in [0.2, 0.25) is 0 Å². The van der Waals surface area contributed by atoms with Gasteiger partial charge >= 0.3 is 0 Å². The monoisotopic (exact) mass is 454 g/mol. The number of aliphatic imine (C=N–C) groups is 1. The molecule has 0 atom stereocenters. The number of hydrogen-bond acceptors (Lipinski definition) is 3. The van der Waals surface area contributed by atoms with Crippen molar-refractivity contribution in [3.63, 3.8) is 0 Å². The van der Waals surface area contributed by atoms with Gasteiger partial charge in [0.05, 0.1) is 0 Å². The lowest BCUT2D eigenvalue weighted by molar-refractivity contribution is 0.357. The molecule has 0 amide bonds. The summed E-state index contributed by atoms with van der Waals surface area (Å²) in [5, 5.41) is 6.57. The zero-order chi connectivity index (χ0) is 16.4. The normalized spacial score (nSPS) is 11.3. The molecule has 0 saturated heterocycles. The number of thioether (sulfide) groups is 1. The van der Waals surface area contributed by atoms with Crippen molar-refractivity contribution in [2.75, 3.05) is 40.0 Å². The van der Waals surface area contributed by atoms with Crippen molar-refractivity contribution in [1.29, 1.82) is 0 Å². The largest absolute Gasteiger partial charge is 0.355 e. The molecule has 0 aliphatic carbocycles. The second-order valence-electron chi connectivity index (χ2n) is 5.09. The standard InChI is InChI=1S/C16H27FN4S.HI/c1-5-21(3)9-8-19-16(18-2)20-11-13-6-7-15(17)10-14(13)12-22-4;/h6-7,10H,5,8-9,11-12H2,1-4H3,(H2,18,19,20);1H. The number of likely N-dealkylation sites (N-methyl/N-ethyl adjacent to an activating group) is 1. The summed E-state index contributed by atoms with van der Waals surface area (Å²) >= 11 is 1.69. The van der Waals surface area contributed by atoms with E-state index in [0.29, 0.717) is 6.54 Å². The summed E-state index contributed by atoms with van der Waals surface area (Å²) in [5.41, 5.74) is 2.13. The number of halogens is 2. The van der Waals surface area contributed by atoms with Crippen molar-refractivity contribution in [1.82, 2.24) is 15.5 Å². The molecule has 0 saturated carbocycles. The maximum Gasteiger partial charge on any atom is 0.191 e. The van der Waals surface area contributed by atoms with Gasteiger partial charge in [0, 0.05) is 32.4 Å². The highest BCUT2D eigenvalue weighted by molar-refractivity contribution is 14.0. The number of nitrogens with zero attached hydrogens (tertiary/aromatic N) is 2.